The van der Waals surface area contributed by atoms with Gasteiger partial charge in [-0.1, -0.05) is 79.1 Å². The molecule has 0 spiro atoms. The fourth-order valence-corrected chi connectivity index (χ4v) is 12.5. The molecule has 12 heteroatoms. The minimum absolute atomic E-state index is 0.112. The molecule has 1 aromatic heterocycles. The van der Waals surface area contributed by atoms with E-state index in [1.807, 2.05) is 6.92 Å². The van der Waals surface area contributed by atoms with Crippen molar-refractivity contribution >= 4 is 27.8 Å². The maximum absolute atomic E-state index is 13.5. The summed E-state index contributed by atoms with van der Waals surface area (Å²) in [5.41, 5.74) is 5.51. The van der Waals surface area contributed by atoms with Crippen molar-refractivity contribution in [1.82, 2.24) is 14.8 Å². The third-order valence-electron chi connectivity index (χ3n) is 16.0. The zero-order valence-electron chi connectivity index (χ0n) is 31.8. The number of hydrogen-bond acceptors (Lipinski definition) is 8. The second kappa shape index (κ2) is 12.3. The monoisotopic (exact) mass is 761 g/mol. The van der Waals surface area contributed by atoms with Gasteiger partial charge in [0.05, 0.1) is 25.7 Å². The first kappa shape index (κ1) is 37.9. The van der Waals surface area contributed by atoms with Crippen LogP contribution in [0.2, 0.25) is 0 Å². The normalized spacial score (nSPS) is 42.9. The molecule has 2 unspecified atom stereocenters. The number of aromatic nitrogens is 3. The molecule has 0 radical (unpaired) electrons. The van der Waals surface area contributed by atoms with Gasteiger partial charge in [0.15, 0.2) is 0 Å². The van der Waals surface area contributed by atoms with Gasteiger partial charge in [-0.2, -0.15) is 0 Å². The van der Waals surface area contributed by atoms with Crippen LogP contribution in [0.3, 0.4) is 0 Å². The zero-order chi connectivity index (χ0) is 37.0. The van der Waals surface area contributed by atoms with Crippen LogP contribution in [0, 0.1) is 72.7 Å². The smallest absolute Gasteiger partial charge is 0.457 e. The highest BCUT2D eigenvalue weighted by Crippen LogP contribution is 2.75. The number of ether oxygens (including phenoxy) is 2. The van der Waals surface area contributed by atoms with Crippen LogP contribution in [0.25, 0.3) is 0 Å². The largest absolute Gasteiger partial charge is 0.481 e. The summed E-state index contributed by atoms with van der Waals surface area (Å²) in [6.45, 7) is 23.2. The van der Waals surface area contributed by atoms with Crippen molar-refractivity contribution in [3.63, 3.8) is 0 Å². The van der Waals surface area contributed by atoms with Crippen molar-refractivity contribution in [2.75, 3.05) is 19.8 Å². The zero-order valence-corrected chi connectivity index (χ0v) is 33.4. The van der Waals surface area contributed by atoms with Crippen molar-refractivity contribution in [2.45, 2.75) is 125 Å². The molecule has 12 atom stereocenters. The van der Waals surface area contributed by atoms with Crippen LogP contribution in [-0.4, -0.2) is 62.2 Å². The molecule has 6 rings (SSSR count). The van der Waals surface area contributed by atoms with Crippen LogP contribution in [-0.2, 0) is 14.3 Å². The van der Waals surface area contributed by atoms with Gasteiger partial charge in [0.1, 0.15) is 12.1 Å². The third-order valence-corrected chi connectivity index (χ3v) is 16.3. The lowest BCUT2D eigenvalue weighted by molar-refractivity contribution is -0.399. The van der Waals surface area contributed by atoms with Crippen LogP contribution in [0.15, 0.2) is 16.4 Å². The summed E-state index contributed by atoms with van der Waals surface area (Å²) in [7, 11) is 0. The van der Waals surface area contributed by atoms with Crippen molar-refractivity contribution in [2.24, 2.45) is 68.3 Å². The molecule has 1 aliphatic heterocycles. The molecule has 2 bridgehead atoms. The topological polar surface area (TPSA) is 156 Å². The van der Waals surface area contributed by atoms with E-state index in [1.165, 1.54) is 10.3 Å². The molecule has 280 valence electrons. The summed E-state index contributed by atoms with van der Waals surface area (Å²) in [5, 5.41) is 28.1. The average molecular weight is 763 g/mol. The number of halogens is 1. The number of rotatable bonds is 9. The maximum atomic E-state index is 13.5. The molecular weight excluding hydrogens is 702 g/mol. The first-order valence-electron chi connectivity index (χ1n) is 18.8. The van der Waals surface area contributed by atoms with Gasteiger partial charge >= 0.3 is 16.7 Å². The van der Waals surface area contributed by atoms with Gasteiger partial charge in [-0.25, -0.2) is 0 Å². The van der Waals surface area contributed by atoms with Gasteiger partial charge in [0.25, 0.3) is 0 Å². The van der Waals surface area contributed by atoms with Crippen LogP contribution in [0.4, 0.5) is 5.95 Å². The number of nitrogens with zero attached hydrogens (tertiary/aromatic N) is 4. The molecule has 11 nitrogen and oxygen atoms in total. The molecule has 2 heterocycles. The van der Waals surface area contributed by atoms with Gasteiger partial charge in [-0.3, -0.25) is 4.79 Å². The van der Waals surface area contributed by atoms with Crippen LogP contribution < -0.4 is 5.73 Å². The van der Waals surface area contributed by atoms with Gasteiger partial charge in [-0.05, 0) is 107 Å². The van der Waals surface area contributed by atoms with Gasteiger partial charge < -0.3 is 30.4 Å². The molecule has 3 saturated carbocycles. The molecule has 50 heavy (non-hydrogen) atoms. The number of allylic oxidation sites excluding steroid dienone is 1. The second-order valence-electron chi connectivity index (χ2n) is 18.9. The van der Waals surface area contributed by atoms with Crippen LogP contribution in [0.5, 0.6) is 0 Å². The highest BCUT2D eigenvalue weighted by Gasteiger charge is 2.73. The van der Waals surface area contributed by atoms with E-state index in [4.69, 9.17) is 15.2 Å². The Morgan fingerprint density at radius 1 is 1.18 bits per heavy atom. The SMILES string of the molecule is CC(C)[C@@H](C)[C@@]1(C)CCC2(C)C3CC[C@@H]4[C@@]5(C)COC[C@@]4(C3=CC[C@@]2(C)[C@@H]1C(=O)O)[C@@H](OC[C@](C)(N)C(C)C)[C@H](n1nc(Br)nc1[N+](=O)[O-])C5. The van der Waals surface area contributed by atoms with Gasteiger partial charge in [0.2, 0.25) is 0 Å². The summed E-state index contributed by atoms with van der Waals surface area (Å²) in [4.78, 5) is 29.7. The Balaban J connectivity index is 1.55. The van der Waals surface area contributed by atoms with Crippen molar-refractivity contribution in [1.29, 1.82) is 0 Å². The number of aliphatic carboxylic acids is 1. The second-order valence-corrected chi connectivity index (χ2v) is 19.6. The first-order valence-corrected chi connectivity index (χ1v) is 19.6. The Bertz CT molecular complexity index is 1560. The number of nitro groups is 1. The number of nitrogens with two attached hydrogens (primary N) is 1. The summed E-state index contributed by atoms with van der Waals surface area (Å²) in [6, 6.07) is -0.489. The van der Waals surface area contributed by atoms with E-state index in [-0.39, 0.29) is 57.2 Å². The fraction of sp³-hybridized carbons (Fsp3) is 0.868. The Morgan fingerprint density at radius 3 is 2.46 bits per heavy atom. The Hall–Kier alpha value is -1.89. The Kier molecular flexibility index (Phi) is 9.34. The van der Waals surface area contributed by atoms with Crippen LogP contribution >= 0.6 is 15.9 Å². The lowest BCUT2D eigenvalue weighted by Crippen LogP contribution is -2.70. The standard InChI is InChI=1S/C38H60BrN5O6/c1-21(2)23(5)34(7)15-16-35(8)24-11-12-27-33(6)17-26(43-32(44(47)48)41-31(39)42-43)29(50-19-37(10,40)22(3)4)38(27,20-49-18-33)25(24)13-14-36(35,9)28(34)30(45)46/h13,21-24,26-29H,11-12,14-20,40H2,1-10H3,(H,45,46)/t23-,24?,26-,27-,28-,29+,33-,34-,35?,36+,37+,38+/m1/s1. The lowest BCUT2D eigenvalue weighted by atomic mass is 9.34. The number of carboxylic acid groups (broad SMARTS) is 1. The molecule has 0 amide bonds. The predicted octanol–water partition coefficient (Wildman–Crippen LogP) is 7.84. The third kappa shape index (κ3) is 5.22. The summed E-state index contributed by atoms with van der Waals surface area (Å²) in [6.07, 6.45) is 6.79. The van der Waals surface area contributed by atoms with E-state index in [2.05, 4.69) is 94.4 Å². The molecule has 3 N–H and O–H groups in total. The first-order chi connectivity index (χ1) is 23.1. The highest BCUT2D eigenvalue weighted by molar-refractivity contribution is 9.10. The molecule has 0 aromatic carbocycles. The van der Waals surface area contributed by atoms with E-state index in [0.29, 0.717) is 32.0 Å². The molecule has 1 saturated heterocycles. The average Bonchev–Trinajstić information content (AvgIpc) is 3.41. The lowest BCUT2D eigenvalue weighted by Gasteiger charge is -2.71. The summed E-state index contributed by atoms with van der Waals surface area (Å²) in [5.74, 6) is -0.438. The highest BCUT2D eigenvalue weighted by atomic mass is 79.9. The Morgan fingerprint density at radius 2 is 1.86 bits per heavy atom. The van der Waals surface area contributed by atoms with Crippen molar-refractivity contribution < 1.29 is 24.3 Å². The van der Waals surface area contributed by atoms with E-state index < -0.39 is 45.3 Å². The number of carboxylic acids is 1. The minimum Gasteiger partial charge on any atom is -0.481 e. The molecule has 4 aliphatic carbocycles. The number of hydrogen-bond donors (Lipinski definition) is 2. The van der Waals surface area contributed by atoms with E-state index in [1.54, 1.807) is 0 Å². The van der Waals surface area contributed by atoms with E-state index in [9.17, 15) is 20.0 Å². The minimum atomic E-state index is -0.690. The van der Waals surface area contributed by atoms with E-state index >= 15 is 0 Å². The number of carbonyl (C=O) groups is 1. The van der Waals surface area contributed by atoms with Crippen LogP contribution in [0.1, 0.15) is 114 Å². The van der Waals surface area contributed by atoms with Crippen molar-refractivity contribution in [3.05, 3.63) is 26.5 Å². The summed E-state index contributed by atoms with van der Waals surface area (Å²) < 4.78 is 15.4. The maximum Gasteiger partial charge on any atom is 0.457 e. The van der Waals surface area contributed by atoms with Gasteiger partial charge in [0, 0.05) is 26.9 Å². The quantitative estimate of drug-likeness (QED) is 0.145. The van der Waals surface area contributed by atoms with Crippen molar-refractivity contribution in [3.8, 4) is 0 Å². The van der Waals surface area contributed by atoms with E-state index in [0.717, 1.165) is 25.7 Å². The fourth-order valence-electron chi connectivity index (χ4n) is 12.2. The summed E-state index contributed by atoms with van der Waals surface area (Å²) >= 11 is 3.33. The molecule has 5 aliphatic rings. The Labute approximate surface area is 306 Å². The molecule has 1 aromatic rings. The predicted molar refractivity (Wildman–Crippen MR) is 194 cm³/mol. The van der Waals surface area contributed by atoms with Gasteiger partial charge in [-0.15, -0.1) is 4.68 Å². The number of fused-ring (bicyclic) bond motifs is 3. The molecular formula is C38H60BrN5O6. The molecule has 4 fully saturated rings.